The van der Waals surface area contributed by atoms with Crippen LogP contribution in [0.4, 0.5) is 0 Å². The molecule has 1 N–H and O–H groups in total. The number of benzene rings is 2. The summed E-state index contributed by atoms with van der Waals surface area (Å²) in [6.07, 6.45) is 1.64. The number of aliphatic hydroxyl groups is 1. The fourth-order valence-electron chi connectivity index (χ4n) is 2.23. The summed E-state index contributed by atoms with van der Waals surface area (Å²) in [4.78, 5) is 4.30. The topological polar surface area (TPSA) is 42.4 Å². The van der Waals surface area contributed by atoms with Gasteiger partial charge in [0.25, 0.3) is 0 Å². The number of pyridine rings is 1. The van der Waals surface area contributed by atoms with Gasteiger partial charge < -0.3 is 9.84 Å². The molecule has 0 atom stereocenters. The van der Waals surface area contributed by atoms with Gasteiger partial charge in [0, 0.05) is 27.7 Å². The highest BCUT2D eigenvalue weighted by molar-refractivity contribution is 6.31. The zero-order chi connectivity index (χ0) is 14.7. The number of hydrogen-bond acceptors (Lipinski definition) is 3. The lowest BCUT2D eigenvalue weighted by atomic mass is 10.1. The number of aromatic nitrogens is 1. The lowest BCUT2D eigenvalue weighted by molar-refractivity contribution is 0.280. The first-order valence-electron chi connectivity index (χ1n) is 6.63. The minimum Gasteiger partial charge on any atom is -0.472 e. The zero-order valence-electron chi connectivity index (χ0n) is 11.3. The molecule has 0 amide bonds. The van der Waals surface area contributed by atoms with E-state index >= 15 is 0 Å². The van der Waals surface area contributed by atoms with Crippen LogP contribution in [0.5, 0.6) is 5.88 Å². The number of nitrogens with zero attached hydrogens (tertiary/aromatic N) is 1. The van der Waals surface area contributed by atoms with Crippen LogP contribution in [0.1, 0.15) is 11.1 Å². The van der Waals surface area contributed by atoms with Crippen molar-refractivity contribution in [3.8, 4) is 5.88 Å². The fourth-order valence-corrected chi connectivity index (χ4v) is 2.42. The van der Waals surface area contributed by atoms with Crippen molar-refractivity contribution in [1.29, 1.82) is 0 Å². The molecule has 1 aromatic heterocycles. The van der Waals surface area contributed by atoms with Gasteiger partial charge in [0.05, 0.1) is 6.61 Å². The standard InChI is InChI=1S/C17H14ClNO2/c18-16-8-4-1-5-12(16)11-21-17-15-7-3-2-6-14(15)13(10-20)9-19-17/h1-9,20H,10-11H2. The van der Waals surface area contributed by atoms with E-state index in [9.17, 15) is 5.11 Å². The second kappa shape index (κ2) is 6.12. The number of hydrogen-bond donors (Lipinski definition) is 1. The molecule has 4 heteroatoms. The lowest BCUT2D eigenvalue weighted by Gasteiger charge is -2.11. The van der Waals surface area contributed by atoms with Gasteiger partial charge in [0.15, 0.2) is 0 Å². The van der Waals surface area contributed by atoms with Crippen molar-refractivity contribution in [2.24, 2.45) is 0 Å². The summed E-state index contributed by atoms with van der Waals surface area (Å²) in [5.74, 6) is 0.544. The van der Waals surface area contributed by atoms with Gasteiger partial charge in [-0.3, -0.25) is 0 Å². The molecule has 0 saturated heterocycles. The third kappa shape index (κ3) is 2.84. The van der Waals surface area contributed by atoms with Gasteiger partial charge in [0.1, 0.15) is 6.61 Å². The largest absolute Gasteiger partial charge is 0.472 e. The molecule has 0 aliphatic rings. The average Bonchev–Trinajstić information content (AvgIpc) is 2.54. The summed E-state index contributed by atoms with van der Waals surface area (Å²) in [7, 11) is 0. The smallest absolute Gasteiger partial charge is 0.221 e. The molecule has 0 unspecified atom stereocenters. The quantitative estimate of drug-likeness (QED) is 0.793. The van der Waals surface area contributed by atoms with E-state index in [1.165, 1.54) is 0 Å². The van der Waals surface area contributed by atoms with Crippen LogP contribution in [0, 0.1) is 0 Å². The van der Waals surface area contributed by atoms with Gasteiger partial charge in [-0.2, -0.15) is 0 Å². The molecular weight excluding hydrogens is 286 g/mol. The maximum Gasteiger partial charge on any atom is 0.221 e. The minimum atomic E-state index is -0.0433. The number of halogens is 1. The molecule has 3 nitrogen and oxygen atoms in total. The van der Waals surface area contributed by atoms with E-state index in [0.717, 1.165) is 21.9 Å². The van der Waals surface area contributed by atoms with Gasteiger partial charge in [-0.05, 0) is 17.5 Å². The highest BCUT2D eigenvalue weighted by atomic mass is 35.5. The molecular formula is C17H14ClNO2. The molecule has 3 rings (SSSR count). The molecule has 0 aliphatic heterocycles. The number of fused-ring (bicyclic) bond motifs is 1. The van der Waals surface area contributed by atoms with Gasteiger partial charge >= 0.3 is 0 Å². The highest BCUT2D eigenvalue weighted by Gasteiger charge is 2.08. The molecule has 0 bridgehead atoms. The van der Waals surface area contributed by atoms with Crippen LogP contribution in [-0.2, 0) is 13.2 Å². The first-order chi connectivity index (χ1) is 10.3. The summed E-state index contributed by atoms with van der Waals surface area (Å²) in [6.45, 7) is 0.313. The van der Waals surface area contributed by atoms with Crippen LogP contribution >= 0.6 is 11.6 Å². The molecule has 21 heavy (non-hydrogen) atoms. The van der Waals surface area contributed by atoms with Crippen LogP contribution < -0.4 is 4.74 Å². The van der Waals surface area contributed by atoms with Gasteiger partial charge in [-0.25, -0.2) is 4.98 Å². The van der Waals surface area contributed by atoms with Gasteiger partial charge in [0.2, 0.25) is 5.88 Å². The van der Waals surface area contributed by atoms with Crippen LogP contribution in [0.2, 0.25) is 5.02 Å². The second-order valence-corrected chi connectivity index (χ2v) is 5.08. The predicted molar refractivity (Wildman–Crippen MR) is 83.4 cm³/mol. The Bertz CT molecular complexity index is 774. The van der Waals surface area contributed by atoms with Crippen molar-refractivity contribution < 1.29 is 9.84 Å². The van der Waals surface area contributed by atoms with Crippen LogP contribution in [0.25, 0.3) is 10.8 Å². The van der Waals surface area contributed by atoms with Crippen molar-refractivity contribution in [2.75, 3.05) is 0 Å². The highest BCUT2D eigenvalue weighted by Crippen LogP contribution is 2.27. The Morgan fingerprint density at radius 1 is 0.952 bits per heavy atom. The Hall–Kier alpha value is -2.10. The third-order valence-electron chi connectivity index (χ3n) is 3.33. The SMILES string of the molecule is OCc1cnc(OCc2ccccc2Cl)c2ccccc12. The first-order valence-corrected chi connectivity index (χ1v) is 7.01. The van der Waals surface area contributed by atoms with E-state index < -0.39 is 0 Å². The Kier molecular flexibility index (Phi) is 4.04. The van der Waals surface area contributed by atoms with Gasteiger partial charge in [-0.1, -0.05) is 48.0 Å². The third-order valence-corrected chi connectivity index (χ3v) is 3.70. The number of ether oxygens (including phenoxy) is 1. The number of aliphatic hydroxyl groups excluding tert-OH is 1. The summed E-state index contributed by atoms with van der Waals surface area (Å²) in [5.41, 5.74) is 1.70. The Morgan fingerprint density at radius 2 is 1.67 bits per heavy atom. The predicted octanol–water partition coefficient (Wildman–Crippen LogP) is 3.96. The van der Waals surface area contributed by atoms with Crippen molar-refractivity contribution in [2.45, 2.75) is 13.2 Å². The van der Waals surface area contributed by atoms with Crippen molar-refractivity contribution in [3.63, 3.8) is 0 Å². The van der Waals surface area contributed by atoms with Crippen LogP contribution in [0.15, 0.2) is 54.7 Å². The van der Waals surface area contributed by atoms with E-state index in [2.05, 4.69) is 4.98 Å². The summed E-state index contributed by atoms with van der Waals surface area (Å²) >= 11 is 6.12. The maximum atomic E-state index is 9.37. The Morgan fingerprint density at radius 3 is 2.43 bits per heavy atom. The summed E-state index contributed by atoms with van der Waals surface area (Å²) in [6, 6.07) is 15.3. The monoisotopic (exact) mass is 299 g/mol. The van der Waals surface area contributed by atoms with Gasteiger partial charge in [-0.15, -0.1) is 0 Å². The summed E-state index contributed by atoms with van der Waals surface area (Å²) in [5, 5.41) is 11.9. The average molecular weight is 300 g/mol. The van der Waals surface area contributed by atoms with Crippen LogP contribution in [0.3, 0.4) is 0 Å². The number of rotatable bonds is 4. The zero-order valence-corrected chi connectivity index (χ0v) is 12.0. The first kappa shape index (κ1) is 13.9. The molecule has 106 valence electrons. The van der Waals surface area contributed by atoms with E-state index in [1.54, 1.807) is 6.20 Å². The minimum absolute atomic E-state index is 0.0433. The van der Waals surface area contributed by atoms with Crippen molar-refractivity contribution in [3.05, 3.63) is 70.9 Å². The molecule has 0 radical (unpaired) electrons. The van der Waals surface area contributed by atoms with Crippen molar-refractivity contribution in [1.82, 2.24) is 4.98 Å². The molecule has 0 spiro atoms. The lowest BCUT2D eigenvalue weighted by Crippen LogP contribution is -2.00. The normalized spacial score (nSPS) is 10.8. The molecule has 0 aliphatic carbocycles. The Balaban J connectivity index is 1.93. The van der Waals surface area contributed by atoms with E-state index in [-0.39, 0.29) is 6.61 Å². The molecule has 3 aromatic rings. The van der Waals surface area contributed by atoms with Crippen molar-refractivity contribution >= 4 is 22.4 Å². The van der Waals surface area contributed by atoms with E-state index in [4.69, 9.17) is 16.3 Å². The molecule has 0 saturated carbocycles. The van der Waals surface area contributed by atoms with E-state index in [1.807, 2.05) is 48.5 Å². The van der Waals surface area contributed by atoms with Crippen LogP contribution in [-0.4, -0.2) is 10.1 Å². The second-order valence-electron chi connectivity index (χ2n) is 4.67. The molecule has 1 heterocycles. The molecule has 2 aromatic carbocycles. The fraction of sp³-hybridized carbons (Fsp3) is 0.118. The summed E-state index contributed by atoms with van der Waals surface area (Å²) < 4.78 is 5.81. The molecule has 0 fully saturated rings. The van der Waals surface area contributed by atoms with E-state index in [0.29, 0.717) is 17.5 Å². The Labute approximate surface area is 127 Å². The maximum absolute atomic E-state index is 9.37.